The third kappa shape index (κ3) is 45.6. The van der Waals surface area contributed by atoms with Crippen LogP contribution < -0.4 is 21.3 Å². The predicted molar refractivity (Wildman–Crippen MR) is 286 cm³/mol. The van der Waals surface area contributed by atoms with Crippen LogP contribution in [-0.4, -0.2) is 164 Å². The molecular weight excluding hydrogens is 1020 g/mol. The SMILES string of the molecule is CC(=O)[C@@H](C)CCCCNC(=O)CC[C@H](NC(=O)CC[C@H](CC(=O)COCCOCCNC(=O)COCCOCCNC(=O)CCC(CC(=O)CCCCCCCCCCCCCCCCC(=O)O)C(=O)O)C(=O)O)C(=O)O. The second kappa shape index (κ2) is 48.7. The highest BCUT2D eigenvalue weighted by Crippen LogP contribution is 2.18. The molecule has 78 heavy (non-hydrogen) atoms. The number of aliphatic carboxylic acids is 4. The van der Waals surface area contributed by atoms with Crippen LogP contribution in [0.1, 0.15) is 187 Å². The molecule has 23 nitrogen and oxygen atoms in total. The minimum atomic E-state index is -1.37. The Labute approximate surface area is 460 Å². The van der Waals surface area contributed by atoms with Gasteiger partial charge in [-0.25, -0.2) is 4.79 Å². The van der Waals surface area contributed by atoms with Gasteiger partial charge in [0.25, 0.3) is 0 Å². The van der Waals surface area contributed by atoms with E-state index in [0.717, 1.165) is 57.8 Å². The second-order valence-electron chi connectivity index (χ2n) is 19.9. The molecule has 0 radical (unpaired) electrons. The number of unbranched alkanes of at least 4 members (excludes halogenated alkanes) is 14. The van der Waals surface area contributed by atoms with Gasteiger partial charge in [0.1, 0.15) is 30.8 Å². The minimum Gasteiger partial charge on any atom is -0.481 e. The molecule has 8 N–H and O–H groups in total. The fraction of sp³-hybridized carbons (Fsp3) is 0.800. The van der Waals surface area contributed by atoms with Gasteiger partial charge in [-0.15, -0.1) is 0 Å². The molecule has 0 fully saturated rings. The summed E-state index contributed by atoms with van der Waals surface area (Å²) in [4.78, 5) is 131. The number of carbonyl (C=O) groups excluding carboxylic acids is 7. The van der Waals surface area contributed by atoms with Crippen LogP contribution in [0.15, 0.2) is 0 Å². The van der Waals surface area contributed by atoms with E-state index in [9.17, 15) is 68.1 Å². The molecule has 0 aliphatic carbocycles. The Morgan fingerprint density at radius 3 is 1.29 bits per heavy atom. The Hall–Kier alpha value is -5.39. The van der Waals surface area contributed by atoms with Gasteiger partial charge in [0.15, 0.2) is 5.78 Å². The Morgan fingerprint density at radius 2 is 0.808 bits per heavy atom. The Bertz CT molecular complexity index is 1760. The van der Waals surface area contributed by atoms with Crippen molar-refractivity contribution in [3.8, 4) is 0 Å². The van der Waals surface area contributed by atoms with Crippen LogP contribution in [-0.2, 0) is 71.7 Å². The maximum Gasteiger partial charge on any atom is 0.326 e. The molecule has 0 aromatic carbocycles. The van der Waals surface area contributed by atoms with Crippen molar-refractivity contribution >= 4 is 64.9 Å². The second-order valence-corrected chi connectivity index (χ2v) is 19.9. The van der Waals surface area contributed by atoms with Crippen LogP contribution in [0.3, 0.4) is 0 Å². The maximum absolute atomic E-state index is 12.5. The van der Waals surface area contributed by atoms with Gasteiger partial charge in [0.2, 0.25) is 23.6 Å². The molecule has 0 spiro atoms. The molecule has 4 atom stereocenters. The molecule has 0 aromatic heterocycles. The third-order valence-electron chi connectivity index (χ3n) is 12.9. The summed E-state index contributed by atoms with van der Waals surface area (Å²) in [5.74, 6) is -9.12. The lowest BCUT2D eigenvalue weighted by molar-refractivity contribution is -0.145. The first kappa shape index (κ1) is 72.6. The molecule has 1 unspecified atom stereocenters. The predicted octanol–water partition coefficient (Wildman–Crippen LogP) is 5.35. The molecule has 0 rings (SSSR count). The average Bonchev–Trinajstić information content (AvgIpc) is 3.38. The first-order chi connectivity index (χ1) is 37.3. The Kier molecular flexibility index (Phi) is 45.3. The fourth-order valence-electron chi connectivity index (χ4n) is 8.02. The smallest absolute Gasteiger partial charge is 0.326 e. The summed E-state index contributed by atoms with van der Waals surface area (Å²) in [6.45, 7) is 4.05. The van der Waals surface area contributed by atoms with Crippen molar-refractivity contribution in [1.82, 2.24) is 21.3 Å². The number of amides is 4. The monoisotopic (exact) mass is 1110 g/mol. The molecule has 0 bridgehead atoms. The minimum absolute atomic E-state index is 0.00221. The normalized spacial score (nSPS) is 12.6. The topological polar surface area (TPSA) is 354 Å². The standard InChI is InChI=1S/C55H94N4O19/c1-41(42(2)60)19-17-18-28-56-49(64)27-24-47(55(73)74)59-50(65)26-23-44(54(71)72)38-46(62)39-77-35-33-76-32-30-58-51(66)40-78-36-34-75-31-29-57-48(63)25-22-43(53(69)70)37-45(61)20-15-13-11-9-7-5-3-4-6-8-10-12-14-16-21-52(67)68/h41,43-44,47H,3-40H2,1-2H3,(H,56,64)(H,57,63)(H,58,66)(H,59,65)(H,67,68)(H,69,70)(H,71,72)(H,73,74)/t41-,43?,44+,47-/m0/s1. The number of rotatable bonds is 56. The van der Waals surface area contributed by atoms with Gasteiger partial charge in [-0.1, -0.05) is 90.4 Å². The summed E-state index contributed by atoms with van der Waals surface area (Å²) in [5.41, 5.74) is 0. The maximum atomic E-state index is 12.5. The van der Waals surface area contributed by atoms with Gasteiger partial charge in [-0.3, -0.25) is 47.9 Å². The highest BCUT2D eigenvalue weighted by molar-refractivity contribution is 5.87. The number of hydrogen-bond acceptors (Lipinski definition) is 15. The van der Waals surface area contributed by atoms with E-state index < -0.39 is 78.3 Å². The molecule has 0 heterocycles. The summed E-state index contributed by atoms with van der Waals surface area (Å²) in [7, 11) is 0. The van der Waals surface area contributed by atoms with E-state index in [1.165, 1.54) is 45.4 Å². The number of nitrogens with one attached hydrogen (secondary N) is 4. The van der Waals surface area contributed by atoms with E-state index in [-0.39, 0.29) is 134 Å². The van der Waals surface area contributed by atoms with Crippen molar-refractivity contribution in [2.24, 2.45) is 17.8 Å². The largest absolute Gasteiger partial charge is 0.481 e. The molecular formula is C55H94N4O19. The number of carboxylic acid groups (broad SMARTS) is 4. The third-order valence-corrected chi connectivity index (χ3v) is 12.9. The summed E-state index contributed by atoms with van der Waals surface area (Å²) in [5, 5.41) is 47.6. The highest BCUT2D eigenvalue weighted by atomic mass is 16.5. The van der Waals surface area contributed by atoms with E-state index >= 15 is 0 Å². The fourth-order valence-corrected chi connectivity index (χ4v) is 8.02. The lowest BCUT2D eigenvalue weighted by atomic mass is 9.94. The zero-order valence-corrected chi connectivity index (χ0v) is 46.6. The van der Waals surface area contributed by atoms with Gasteiger partial charge < -0.3 is 60.6 Å². The van der Waals surface area contributed by atoms with Gasteiger partial charge in [-0.2, -0.15) is 0 Å². The first-order valence-electron chi connectivity index (χ1n) is 28.2. The molecule has 0 aliphatic heterocycles. The summed E-state index contributed by atoms with van der Waals surface area (Å²) in [6, 6.07) is -1.37. The highest BCUT2D eigenvalue weighted by Gasteiger charge is 2.26. The van der Waals surface area contributed by atoms with Crippen LogP contribution in [0.4, 0.5) is 0 Å². The van der Waals surface area contributed by atoms with Crippen molar-refractivity contribution in [3.05, 3.63) is 0 Å². The number of Topliss-reactive ketones (excluding diaryl/α,β-unsaturated/α-hetero) is 3. The van der Waals surface area contributed by atoms with Crippen molar-refractivity contribution in [2.75, 3.05) is 72.5 Å². The molecule has 448 valence electrons. The van der Waals surface area contributed by atoms with Crippen LogP contribution in [0, 0.1) is 17.8 Å². The number of carbonyl (C=O) groups is 11. The zero-order valence-electron chi connectivity index (χ0n) is 46.6. The Morgan fingerprint density at radius 1 is 0.385 bits per heavy atom. The summed E-state index contributed by atoms with van der Waals surface area (Å²) in [6.07, 6.45) is 16.2. The lowest BCUT2D eigenvalue weighted by Crippen LogP contribution is -2.42. The van der Waals surface area contributed by atoms with Crippen LogP contribution >= 0.6 is 0 Å². The van der Waals surface area contributed by atoms with Crippen molar-refractivity contribution in [2.45, 2.75) is 193 Å². The molecule has 4 amide bonds. The van der Waals surface area contributed by atoms with E-state index in [4.69, 9.17) is 24.1 Å². The quantitative estimate of drug-likeness (QED) is 0.0356. The van der Waals surface area contributed by atoms with Crippen LogP contribution in [0.25, 0.3) is 0 Å². The van der Waals surface area contributed by atoms with Gasteiger partial charge >= 0.3 is 23.9 Å². The van der Waals surface area contributed by atoms with E-state index in [1.807, 2.05) is 6.92 Å². The van der Waals surface area contributed by atoms with E-state index in [0.29, 0.717) is 25.8 Å². The summed E-state index contributed by atoms with van der Waals surface area (Å²) < 4.78 is 21.3. The Balaban J connectivity index is 3.95. The molecule has 0 aliphatic rings. The van der Waals surface area contributed by atoms with E-state index in [2.05, 4.69) is 21.3 Å². The average molecular weight is 1120 g/mol. The van der Waals surface area contributed by atoms with Gasteiger partial charge in [0, 0.05) is 70.5 Å². The van der Waals surface area contributed by atoms with Gasteiger partial charge in [-0.05, 0) is 51.9 Å². The number of carboxylic acids is 4. The number of ketones is 3. The lowest BCUT2D eigenvalue weighted by Gasteiger charge is -2.16. The van der Waals surface area contributed by atoms with Crippen LogP contribution in [0.5, 0.6) is 0 Å². The molecule has 0 saturated heterocycles. The van der Waals surface area contributed by atoms with E-state index in [1.54, 1.807) is 0 Å². The molecule has 23 heteroatoms. The van der Waals surface area contributed by atoms with Crippen molar-refractivity contribution in [3.63, 3.8) is 0 Å². The molecule has 0 aromatic rings. The van der Waals surface area contributed by atoms with Crippen molar-refractivity contribution < 1.29 is 92.1 Å². The van der Waals surface area contributed by atoms with Gasteiger partial charge in [0.05, 0.1) is 51.5 Å². The molecule has 0 saturated carbocycles. The first-order valence-corrected chi connectivity index (χ1v) is 28.2. The van der Waals surface area contributed by atoms with Crippen molar-refractivity contribution in [1.29, 1.82) is 0 Å². The zero-order chi connectivity index (χ0) is 58.2. The summed E-state index contributed by atoms with van der Waals surface area (Å²) >= 11 is 0. The van der Waals surface area contributed by atoms with Crippen LogP contribution in [0.2, 0.25) is 0 Å². The number of hydrogen-bond donors (Lipinski definition) is 8. The number of ether oxygens (including phenoxy) is 4.